The monoisotopic (exact) mass is 309 g/mol. The minimum absolute atomic E-state index is 0.311. The average molecular weight is 309 g/mol. The number of ether oxygens (including phenoxy) is 1. The number of benzene rings is 1. The van der Waals surface area contributed by atoms with Gasteiger partial charge >= 0.3 is 0 Å². The molecule has 2 unspecified atom stereocenters. The summed E-state index contributed by atoms with van der Waals surface area (Å²) in [4.78, 5) is 0. The Morgan fingerprint density at radius 1 is 1.23 bits per heavy atom. The van der Waals surface area contributed by atoms with Gasteiger partial charge in [-0.2, -0.15) is 0 Å². The van der Waals surface area contributed by atoms with Crippen molar-refractivity contribution in [2.24, 2.45) is 11.1 Å². The largest absolute Gasteiger partial charge is 0.383 e. The van der Waals surface area contributed by atoms with Gasteiger partial charge in [0.05, 0.1) is 6.61 Å². The normalized spacial score (nSPS) is 44.2. The standard InChI is InChI=1S/C16H23NO5/c1-13(2)15(20)12(18)22-9-14(19,16(13,15)21)11(17)8-10-6-4-3-5-7-10/h3-7,11-12,18-21H,8-9,17H2,1-2H3/t11?,12?,14-,15+,16-/m1/s1. The summed E-state index contributed by atoms with van der Waals surface area (Å²) >= 11 is 0. The van der Waals surface area contributed by atoms with E-state index in [2.05, 4.69) is 0 Å². The summed E-state index contributed by atoms with van der Waals surface area (Å²) in [5.41, 5.74) is 0.187. The van der Waals surface area contributed by atoms with Gasteiger partial charge in [0.15, 0.2) is 11.9 Å². The lowest BCUT2D eigenvalue weighted by Crippen LogP contribution is -2.69. The van der Waals surface area contributed by atoms with E-state index in [9.17, 15) is 20.4 Å². The van der Waals surface area contributed by atoms with Crippen molar-refractivity contribution >= 4 is 0 Å². The third kappa shape index (κ3) is 1.55. The van der Waals surface area contributed by atoms with Crippen molar-refractivity contribution in [2.75, 3.05) is 6.61 Å². The molecule has 0 amide bonds. The highest BCUT2D eigenvalue weighted by atomic mass is 16.6. The Morgan fingerprint density at radius 3 is 2.41 bits per heavy atom. The molecule has 1 saturated heterocycles. The van der Waals surface area contributed by atoms with Crippen LogP contribution in [0.5, 0.6) is 0 Å². The molecule has 22 heavy (non-hydrogen) atoms. The maximum absolute atomic E-state index is 11.0. The zero-order chi connectivity index (χ0) is 16.4. The number of fused-ring (bicyclic) bond motifs is 1. The number of hydrogen-bond acceptors (Lipinski definition) is 6. The van der Waals surface area contributed by atoms with Crippen molar-refractivity contribution < 1.29 is 25.2 Å². The SMILES string of the molecule is CC1(C)[C@@]2(O)[C@](O)(C(N)Cc3ccccc3)COC(O)[C@]12O. The molecule has 0 radical (unpaired) electrons. The van der Waals surface area contributed by atoms with Gasteiger partial charge < -0.3 is 30.9 Å². The molecule has 1 saturated carbocycles. The van der Waals surface area contributed by atoms with Crippen LogP contribution in [-0.2, 0) is 11.2 Å². The zero-order valence-electron chi connectivity index (χ0n) is 12.7. The second-order valence-corrected chi connectivity index (χ2v) is 6.99. The molecule has 6 heteroatoms. The highest BCUT2D eigenvalue weighted by Gasteiger charge is 2.94. The van der Waals surface area contributed by atoms with Crippen LogP contribution in [0.25, 0.3) is 0 Å². The Morgan fingerprint density at radius 2 is 1.82 bits per heavy atom. The van der Waals surface area contributed by atoms with Gasteiger partial charge in [-0.15, -0.1) is 0 Å². The van der Waals surface area contributed by atoms with Gasteiger partial charge in [-0.3, -0.25) is 0 Å². The fraction of sp³-hybridized carbons (Fsp3) is 0.625. The van der Waals surface area contributed by atoms with Crippen LogP contribution in [0, 0.1) is 5.41 Å². The fourth-order valence-corrected chi connectivity index (χ4v) is 4.06. The van der Waals surface area contributed by atoms with Gasteiger partial charge in [-0.25, -0.2) is 0 Å². The second-order valence-electron chi connectivity index (χ2n) is 6.99. The number of aliphatic hydroxyl groups excluding tert-OH is 1. The predicted molar refractivity (Wildman–Crippen MR) is 78.7 cm³/mol. The van der Waals surface area contributed by atoms with Crippen LogP contribution in [0.2, 0.25) is 0 Å². The van der Waals surface area contributed by atoms with Gasteiger partial charge in [0.2, 0.25) is 0 Å². The van der Waals surface area contributed by atoms with E-state index in [0.717, 1.165) is 5.56 Å². The lowest BCUT2D eigenvalue weighted by molar-refractivity contribution is -0.289. The maximum Gasteiger partial charge on any atom is 0.187 e. The highest BCUT2D eigenvalue weighted by Crippen LogP contribution is 2.72. The van der Waals surface area contributed by atoms with Crippen LogP contribution in [0.3, 0.4) is 0 Å². The molecule has 1 aromatic rings. The van der Waals surface area contributed by atoms with Gasteiger partial charge in [0.1, 0.15) is 11.2 Å². The van der Waals surface area contributed by atoms with E-state index in [1.54, 1.807) is 13.8 Å². The molecule has 3 rings (SSSR count). The van der Waals surface area contributed by atoms with E-state index in [-0.39, 0.29) is 6.61 Å². The third-order valence-electron chi connectivity index (χ3n) is 5.70. The molecule has 5 atom stereocenters. The summed E-state index contributed by atoms with van der Waals surface area (Å²) in [6, 6.07) is 8.48. The van der Waals surface area contributed by atoms with E-state index < -0.39 is 34.6 Å². The number of aliphatic hydroxyl groups is 4. The van der Waals surface area contributed by atoms with Gasteiger partial charge in [0, 0.05) is 11.5 Å². The average Bonchev–Trinajstić information content (AvgIpc) is 2.87. The smallest absolute Gasteiger partial charge is 0.187 e. The van der Waals surface area contributed by atoms with Crippen molar-refractivity contribution in [1.82, 2.24) is 0 Å². The fourth-order valence-electron chi connectivity index (χ4n) is 4.06. The van der Waals surface area contributed by atoms with Crippen molar-refractivity contribution in [3.8, 4) is 0 Å². The Bertz CT molecular complexity index is 579. The molecule has 1 aromatic carbocycles. The Labute approximate surface area is 129 Å². The molecule has 2 aliphatic rings. The van der Waals surface area contributed by atoms with Crippen LogP contribution in [0.1, 0.15) is 19.4 Å². The highest BCUT2D eigenvalue weighted by molar-refractivity contribution is 5.42. The first-order valence-electron chi connectivity index (χ1n) is 7.39. The quantitative estimate of drug-likeness (QED) is 0.496. The first-order chi connectivity index (χ1) is 10.1. The van der Waals surface area contributed by atoms with Gasteiger partial charge in [0.25, 0.3) is 0 Å². The number of nitrogens with two attached hydrogens (primary N) is 1. The minimum atomic E-state index is -1.94. The molecule has 6 N–H and O–H groups in total. The molecule has 1 aliphatic carbocycles. The molecular formula is C16H23NO5. The summed E-state index contributed by atoms with van der Waals surface area (Å²) in [5.74, 6) is 0. The molecule has 2 fully saturated rings. The molecule has 0 spiro atoms. The Balaban J connectivity index is 1.93. The lowest BCUT2D eigenvalue weighted by atomic mass is 9.79. The van der Waals surface area contributed by atoms with Crippen molar-refractivity contribution in [1.29, 1.82) is 0 Å². The van der Waals surface area contributed by atoms with Crippen LogP contribution >= 0.6 is 0 Å². The van der Waals surface area contributed by atoms with Crippen LogP contribution in [0.4, 0.5) is 0 Å². The first-order valence-corrected chi connectivity index (χ1v) is 7.39. The Kier molecular flexibility index (Phi) is 3.25. The van der Waals surface area contributed by atoms with Crippen LogP contribution < -0.4 is 5.73 Å². The number of rotatable bonds is 3. The van der Waals surface area contributed by atoms with Crippen molar-refractivity contribution in [2.45, 2.75) is 49.4 Å². The van der Waals surface area contributed by atoms with E-state index in [1.807, 2.05) is 30.3 Å². The topological polar surface area (TPSA) is 116 Å². The molecule has 1 aliphatic heterocycles. The minimum Gasteiger partial charge on any atom is -0.383 e. The first kappa shape index (κ1) is 15.9. The molecular weight excluding hydrogens is 286 g/mol. The molecule has 0 bridgehead atoms. The van der Waals surface area contributed by atoms with E-state index in [0.29, 0.717) is 6.42 Å². The van der Waals surface area contributed by atoms with Crippen molar-refractivity contribution in [3.63, 3.8) is 0 Å². The summed E-state index contributed by atoms with van der Waals surface area (Å²) in [7, 11) is 0. The van der Waals surface area contributed by atoms with Gasteiger partial charge in [-0.05, 0) is 12.0 Å². The molecule has 0 aromatic heterocycles. The third-order valence-corrected chi connectivity index (χ3v) is 5.70. The zero-order valence-corrected chi connectivity index (χ0v) is 12.7. The molecule has 6 nitrogen and oxygen atoms in total. The van der Waals surface area contributed by atoms with E-state index in [4.69, 9.17) is 10.5 Å². The van der Waals surface area contributed by atoms with Crippen LogP contribution in [0.15, 0.2) is 30.3 Å². The predicted octanol–water partition coefficient (Wildman–Crippen LogP) is -0.862. The van der Waals surface area contributed by atoms with Gasteiger partial charge in [-0.1, -0.05) is 44.2 Å². The Hall–Kier alpha value is -1.02. The summed E-state index contributed by atoms with van der Waals surface area (Å²) in [6.07, 6.45) is -1.25. The molecule has 122 valence electrons. The van der Waals surface area contributed by atoms with E-state index >= 15 is 0 Å². The number of hydrogen-bond donors (Lipinski definition) is 5. The van der Waals surface area contributed by atoms with E-state index in [1.165, 1.54) is 0 Å². The summed E-state index contributed by atoms with van der Waals surface area (Å²) in [6.45, 7) is 2.81. The molecule has 1 heterocycles. The lowest BCUT2D eigenvalue weighted by Gasteiger charge is -2.44. The van der Waals surface area contributed by atoms with Crippen molar-refractivity contribution in [3.05, 3.63) is 35.9 Å². The second kappa shape index (κ2) is 4.50. The van der Waals surface area contributed by atoms with Crippen LogP contribution in [-0.4, -0.2) is 56.2 Å². The summed E-state index contributed by atoms with van der Waals surface area (Å²) in [5, 5.41) is 42.5. The maximum atomic E-state index is 11.0. The summed E-state index contributed by atoms with van der Waals surface area (Å²) < 4.78 is 5.13.